The lowest BCUT2D eigenvalue weighted by Crippen LogP contribution is -2.41. The summed E-state index contributed by atoms with van der Waals surface area (Å²) in [7, 11) is -0.974. The fourth-order valence-electron chi connectivity index (χ4n) is 2.68. The molecule has 25 heavy (non-hydrogen) atoms. The summed E-state index contributed by atoms with van der Waals surface area (Å²) in [5, 5.41) is 4.28. The summed E-state index contributed by atoms with van der Waals surface area (Å²) in [5.41, 5.74) is 1.82. The van der Waals surface area contributed by atoms with Gasteiger partial charge >= 0.3 is 7.12 Å². The van der Waals surface area contributed by atoms with Gasteiger partial charge in [0.2, 0.25) is 0 Å². The number of hydrogen-bond acceptors (Lipinski definition) is 3. The van der Waals surface area contributed by atoms with Gasteiger partial charge in [0.15, 0.2) is 0 Å². The van der Waals surface area contributed by atoms with Crippen molar-refractivity contribution in [1.29, 1.82) is 0 Å². The lowest BCUT2D eigenvalue weighted by atomic mass is 9.83. The van der Waals surface area contributed by atoms with E-state index in [-0.39, 0.29) is 5.73 Å². The average molecular weight is 342 g/mol. The van der Waals surface area contributed by atoms with Gasteiger partial charge < -0.3 is 9.31 Å². The summed E-state index contributed by atoms with van der Waals surface area (Å²) in [6.07, 6.45) is 3.75. The minimum atomic E-state index is -0.974. The Morgan fingerprint density at radius 2 is 1.64 bits per heavy atom. The van der Waals surface area contributed by atoms with Crippen molar-refractivity contribution in [3.8, 4) is 5.69 Å². The molecule has 0 bridgehead atoms. The molecule has 1 saturated heterocycles. The van der Waals surface area contributed by atoms with Crippen LogP contribution in [0, 0.1) is 6.92 Å². The summed E-state index contributed by atoms with van der Waals surface area (Å²) in [6, 6.07) is 7.60. The first-order valence-electron chi connectivity index (χ1n) is 8.45. The van der Waals surface area contributed by atoms with Gasteiger partial charge in [-0.25, -0.2) is 9.07 Å². The van der Waals surface area contributed by atoms with Crippen LogP contribution in [0.5, 0.6) is 0 Å². The number of aromatic nitrogens is 2. The third-order valence-electron chi connectivity index (χ3n) is 5.09. The zero-order chi connectivity index (χ0) is 18.4. The lowest BCUT2D eigenvalue weighted by molar-refractivity contribution is 0.00578. The molecule has 1 fully saturated rings. The molecule has 1 aromatic heterocycles. The van der Waals surface area contributed by atoms with Gasteiger partial charge in [-0.05, 0) is 70.4 Å². The molecule has 0 radical (unpaired) electrons. The summed E-state index contributed by atoms with van der Waals surface area (Å²) in [5.74, 6) is 0. The molecule has 0 amide bonds. The van der Waals surface area contributed by atoms with E-state index in [1.54, 1.807) is 17.8 Å². The molecule has 0 saturated carbocycles. The smallest absolute Gasteiger partial charge is 0.398 e. The summed E-state index contributed by atoms with van der Waals surface area (Å²) in [6.45, 7) is 11.4. The highest BCUT2D eigenvalue weighted by atomic mass is 19.1. The molecule has 0 atom stereocenters. The Kier molecular flexibility index (Phi) is 4.37. The van der Waals surface area contributed by atoms with E-state index in [1.807, 2.05) is 65.1 Å². The first kappa shape index (κ1) is 17.9. The van der Waals surface area contributed by atoms with Crippen LogP contribution in [0.1, 0.15) is 45.7 Å². The maximum atomic E-state index is 14.9. The highest BCUT2D eigenvalue weighted by Crippen LogP contribution is 2.40. The number of halogens is 1. The van der Waals surface area contributed by atoms with Crippen molar-refractivity contribution in [3.05, 3.63) is 53.5 Å². The molecule has 132 valence electrons. The van der Waals surface area contributed by atoms with Gasteiger partial charge in [0.25, 0.3) is 0 Å². The molecular weight excluding hydrogens is 318 g/mol. The fourth-order valence-corrected chi connectivity index (χ4v) is 2.68. The van der Waals surface area contributed by atoms with Gasteiger partial charge in [-0.3, -0.25) is 0 Å². The topological polar surface area (TPSA) is 36.3 Å². The molecule has 0 N–H and O–H groups in total. The van der Waals surface area contributed by atoms with E-state index >= 15 is 0 Å². The number of nitrogens with zero attached hydrogens (tertiary/aromatic N) is 2. The van der Waals surface area contributed by atoms with Crippen LogP contribution in [-0.4, -0.2) is 28.1 Å². The second kappa shape index (κ2) is 6.11. The van der Waals surface area contributed by atoms with Crippen LogP contribution < -0.4 is 0 Å². The Morgan fingerprint density at radius 1 is 1.08 bits per heavy atom. The maximum Gasteiger partial charge on any atom is 0.525 e. The standard InChI is InChI=1S/C19H24BFN2O2/c1-13-11-22-23(12-13)16-9-7-15(8-10-16)14(2)17(21)20-24-18(3,4)19(5,6)25-20/h7-12H,1-6H3. The molecule has 6 heteroatoms. The molecule has 4 nitrogen and oxygen atoms in total. The summed E-state index contributed by atoms with van der Waals surface area (Å²) in [4.78, 5) is 0. The molecule has 1 aromatic carbocycles. The van der Waals surface area contributed by atoms with Gasteiger partial charge in [-0.15, -0.1) is 0 Å². The van der Waals surface area contributed by atoms with Crippen molar-refractivity contribution in [2.24, 2.45) is 0 Å². The monoisotopic (exact) mass is 342 g/mol. The first-order valence-corrected chi connectivity index (χ1v) is 8.45. The van der Waals surface area contributed by atoms with Gasteiger partial charge in [0.1, 0.15) is 5.73 Å². The van der Waals surface area contributed by atoms with Gasteiger partial charge in [-0.1, -0.05) is 12.1 Å². The van der Waals surface area contributed by atoms with Crippen molar-refractivity contribution in [2.75, 3.05) is 0 Å². The van der Waals surface area contributed by atoms with Gasteiger partial charge in [-0.2, -0.15) is 5.10 Å². The van der Waals surface area contributed by atoms with Crippen molar-refractivity contribution >= 4 is 12.7 Å². The Bertz CT molecular complexity index is 793. The molecule has 0 aliphatic carbocycles. The molecule has 1 aliphatic heterocycles. The zero-order valence-corrected chi connectivity index (χ0v) is 15.6. The van der Waals surface area contributed by atoms with Crippen LogP contribution in [0.4, 0.5) is 4.39 Å². The normalized spacial score (nSPS) is 19.9. The number of rotatable bonds is 3. The van der Waals surface area contributed by atoms with Crippen molar-refractivity contribution < 1.29 is 13.7 Å². The predicted octanol–water partition coefficient (Wildman–Crippen LogP) is 4.51. The Balaban J connectivity index is 1.85. The minimum Gasteiger partial charge on any atom is -0.398 e. The zero-order valence-electron chi connectivity index (χ0n) is 15.6. The SMILES string of the molecule is CC(=C(F)B1OC(C)(C)C(C)(C)O1)c1ccc(-n2cc(C)cn2)cc1. The van der Waals surface area contributed by atoms with E-state index in [0.717, 1.165) is 16.8 Å². The third-order valence-corrected chi connectivity index (χ3v) is 5.09. The quantitative estimate of drug-likeness (QED) is 0.770. The second-order valence-electron chi connectivity index (χ2n) is 7.57. The van der Waals surface area contributed by atoms with Crippen LogP contribution >= 0.6 is 0 Å². The largest absolute Gasteiger partial charge is 0.525 e. The van der Waals surface area contributed by atoms with Crippen molar-refractivity contribution in [2.45, 2.75) is 52.7 Å². The molecule has 1 aliphatic rings. The number of allylic oxidation sites excluding steroid dienone is 1. The van der Waals surface area contributed by atoms with E-state index in [2.05, 4.69) is 5.10 Å². The predicted molar refractivity (Wildman–Crippen MR) is 98.1 cm³/mol. The summed E-state index contributed by atoms with van der Waals surface area (Å²) >= 11 is 0. The highest BCUT2D eigenvalue weighted by Gasteiger charge is 2.53. The average Bonchev–Trinajstić information content (AvgIpc) is 3.07. The van der Waals surface area contributed by atoms with Gasteiger partial charge in [0.05, 0.1) is 23.1 Å². The third kappa shape index (κ3) is 3.28. The van der Waals surface area contributed by atoms with Gasteiger partial charge in [0, 0.05) is 6.20 Å². The van der Waals surface area contributed by atoms with Crippen LogP contribution in [0.15, 0.2) is 42.4 Å². The molecule has 2 aromatic rings. The molecular formula is C19H24BFN2O2. The Labute approximate surface area is 148 Å². The van der Waals surface area contributed by atoms with Crippen molar-refractivity contribution in [3.63, 3.8) is 0 Å². The molecule has 0 unspecified atom stereocenters. The Hall–Kier alpha value is -1.92. The van der Waals surface area contributed by atoms with Crippen LogP contribution in [0.2, 0.25) is 0 Å². The number of hydrogen-bond donors (Lipinski definition) is 0. The van der Waals surface area contributed by atoms with Crippen LogP contribution in [0.3, 0.4) is 0 Å². The highest BCUT2D eigenvalue weighted by molar-refractivity contribution is 6.55. The van der Waals surface area contributed by atoms with E-state index < -0.39 is 18.3 Å². The maximum absolute atomic E-state index is 14.9. The first-order chi connectivity index (χ1) is 11.6. The van der Waals surface area contributed by atoms with E-state index in [4.69, 9.17) is 9.31 Å². The summed E-state index contributed by atoms with van der Waals surface area (Å²) < 4.78 is 28.3. The lowest BCUT2D eigenvalue weighted by Gasteiger charge is -2.32. The second-order valence-corrected chi connectivity index (χ2v) is 7.57. The van der Waals surface area contributed by atoms with Crippen LogP contribution in [-0.2, 0) is 9.31 Å². The number of aryl methyl sites for hydroxylation is 1. The molecule has 0 spiro atoms. The fraction of sp³-hybridized carbons (Fsp3) is 0.421. The van der Waals surface area contributed by atoms with E-state index in [1.165, 1.54) is 0 Å². The van der Waals surface area contributed by atoms with Crippen LogP contribution in [0.25, 0.3) is 11.3 Å². The van der Waals surface area contributed by atoms with E-state index in [0.29, 0.717) is 5.57 Å². The number of benzene rings is 1. The molecule has 3 rings (SSSR count). The van der Waals surface area contributed by atoms with Crippen molar-refractivity contribution in [1.82, 2.24) is 9.78 Å². The Morgan fingerprint density at radius 3 is 2.12 bits per heavy atom. The van der Waals surface area contributed by atoms with E-state index in [9.17, 15) is 4.39 Å². The minimum absolute atomic E-state index is 0.388. The molecule has 2 heterocycles.